The Balaban J connectivity index is 1.73. The molecule has 2 fully saturated rings. The zero-order chi connectivity index (χ0) is 17.8. The third-order valence-corrected chi connectivity index (χ3v) is 5.05. The van der Waals surface area contributed by atoms with E-state index in [-0.39, 0.29) is 18.2 Å². The number of amides is 1. The number of primary amides is 1. The molecule has 1 saturated heterocycles. The summed E-state index contributed by atoms with van der Waals surface area (Å²) in [5.41, 5.74) is 5.77. The van der Waals surface area contributed by atoms with Gasteiger partial charge in [-0.2, -0.15) is 4.98 Å². The molecular weight excluding hydrogens is 322 g/mol. The fourth-order valence-electron chi connectivity index (χ4n) is 3.41. The number of carbonyl (C=O) groups excluding carboxylic acids is 1. The van der Waals surface area contributed by atoms with Crippen molar-refractivity contribution in [2.45, 2.75) is 57.2 Å². The first kappa shape index (κ1) is 17.9. The maximum atomic E-state index is 11.7. The number of aliphatic hydroxyl groups excluding tert-OH is 1. The Morgan fingerprint density at radius 2 is 2.04 bits per heavy atom. The summed E-state index contributed by atoms with van der Waals surface area (Å²) in [4.78, 5) is 20.4. The van der Waals surface area contributed by atoms with E-state index in [1.54, 1.807) is 0 Å². The van der Waals surface area contributed by atoms with Gasteiger partial charge in [-0.05, 0) is 38.0 Å². The first-order chi connectivity index (χ1) is 12.0. The number of carbonyl (C=O) groups is 1. The average Bonchev–Trinajstić information content (AvgIpc) is 2.59. The summed E-state index contributed by atoms with van der Waals surface area (Å²) in [6.07, 6.45) is 5.44. The summed E-state index contributed by atoms with van der Waals surface area (Å²) >= 11 is 0. The van der Waals surface area contributed by atoms with Gasteiger partial charge in [0.2, 0.25) is 5.95 Å². The molecule has 1 aromatic heterocycles. The van der Waals surface area contributed by atoms with Crippen molar-refractivity contribution in [3.63, 3.8) is 0 Å². The van der Waals surface area contributed by atoms with Crippen LogP contribution >= 0.6 is 0 Å². The molecule has 138 valence electrons. The van der Waals surface area contributed by atoms with Crippen LogP contribution in [0.1, 0.15) is 49.4 Å². The number of aromatic nitrogens is 2. The van der Waals surface area contributed by atoms with Crippen molar-refractivity contribution in [1.82, 2.24) is 9.97 Å². The van der Waals surface area contributed by atoms with Crippen LogP contribution < -0.4 is 16.4 Å². The molecular formula is C17H27N5O3. The summed E-state index contributed by atoms with van der Waals surface area (Å²) in [5.74, 6) is 0.725. The fourth-order valence-corrected chi connectivity index (χ4v) is 3.41. The third kappa shape index (κ3) is 4.58. The molecule has 1 aliphatic carbocycles. The van der Waals surface area contributed by atoms with E-state index in [4.69, 9.17) is 10.5 Å². The Morgan fingerprint density at radius 1 is 1.28 bits per heavy atom. The van der Waals surface area contributed by atoms with Gasteiger partial charge in [0.25, 0.3) is 5.91 Å². The van der Waals surface area contributed by atoms with E-state index in [1.807, 2.05) is 0 Å². The fraction of sp³-hybridized carbons (Fsp3) is 0.706. The van der Waals surface area contributed by atoms with Crippen molar-refractivity contribution < 1.29 is 14.6 Å². The zero-order valence-corrected chi connectivity index (χ0v) is 14.6. The molecule has 8 nitrogen and oxygen atoms in total. The van der Waals surface area contributed by atoms with E-state index in [2.05, 4.69) is 27.5 Å². The second kappa shape index (κ2) is 7.97. The molecule has 2 aliphatic rings. The molecule has 2 heterocycles. The van der Waals surface area contributed by atoms with E-state index in [1.165, 1.54) is 6.20 Å². The maximum Gasteiger partial charge on any atom is 0.254 e. The van der Waals surface area contributed by atoms with Gasteiger partial charge in [0.1, 0.15) is 5.82 Å². The standard InChI is InChI=1S/C17H27N5O3/c1-10-9-25-7-6-14(10)21-16-13(15(18)24)8-19-17(22-16)20-11-2-4-12(23)5-3-11/h8,10-12,14,23H,2-7,9H2,1H3,(H2,18,24)(H2,19,20,21,22)/t10-,11?,12?,14+/m0/s1. The highest BCUT2D eigenvalue weighted by atomic mass is 16.5. The smallest absolute Gasteiger partial charge is 0.254 e. The summed E-state index contributed by atoms with van der Waals surface area (Å²) in [6.45, 7) is 3.48. The van der Waals surface area contributed by atoms with Crippen LogP contribution in [0, 0.1) is 5.92 Å². The van der Waals surface area contributed by atoms with Gasteiger partial charge in [-0.15, -0.1) is 0 Å². The minimum Gasteiger partial charge on any atom is -0.393 e. The number of nitrogens with zero attached hydrogens (tertiary/aromatic N) is 2. The maximum absolute atomic E-state index is 11.7. The Morgan fingerprint density at radius 3 is 2.72 bits per heavy atom. The lowest BCUT2D eigenvalue weighted by atomic mass is 9.93. The van der Waals surface area contributed by atoms with Gasteiger partial charge in [-0.3, -0.25) is 4.79 Å². The molecule has 2 atom stereocenters. The SMILES string of the molecule is C[C@H]1COCC[C@H]1Nc1nc(NC2CCC(O)CC2)ncc1C(N)=O. The largest absolute Gasteiger partial charge is 0.393 e. The van der Waals surface area contributed by atoms with Crippen molar-refractivity contribution in [2.24, 2.45) is 11.7 Å². The molecule has 1 saturated carbocycles. The minimum atomic E-state index is -0.547. The Kier molecular flexibility index (Phi) is 5.70. The highest BCUT2D eigenvalue weighted by Crippen LogP contribution is 2.24. The minimum absolute atomic E-state index is 0.180. The number of anilines is 2. The van der Waals surface area contributed by atoms with Crippen LogP contribution in [0.4, 0.5) is 11.8 Å². The van der Waals surface area contributed by atoms with Crippen molar-refractivity contribution >= 4 is 17.7 Å². The first-order valence-electron chi connectivity index (χ1n) is 8.98. The normalized spacial score (nSPS) is 29.8. The van der Waals surface area contributed by atoms with Crippen molar-refractivity contribution in [3.8, 4) is 0 Å². The number of nitrogens with two attached hydrogens (primary N) is 1. The number of aliphatic hydroxyl groups is 1. The highest BCUT2D eigenvalue weighted by molar-refractivity contribution is 5.97. The molecule has 1 amide bonds. The van der Waals surface area contributed by atoms with Crippen LogP contribution in [0.5, 0.6) is 0 Å². The quantitative estimate of drug-likeness (QED) is 0.628. The molecule has 3 rings (SSSR count). The van der Waals surface area contributed by atoms with Gasteiger partial charge < -0.3 is 26.2 Å². The van der Waals surface area contributed by atoms with Crippen molar-refractivity contribution in [3.05, 3.63) is 11.8 Å². The lowest BCUT2D eigenvalue weighted by molar-refractivity contribution is 0.0536. The van der Waals surface area contributed by atoms with Crippen LogP contribution in [-0.2, 0) is 4.74 Å². The summed E-state index contributed by atoms with van der Waals surface area (Å²) in [7, 11) is 0. The van der Waals surface area contributed by atoms with E-state index >= 15 is 0 Å². The monoisotopic (exact) mass is 349 g/mol. The predicted octanol–water partition coefficient (Wildman–Crippen LogP) is 1.13. The van der Waals surface area contributed by atoms with E-state index in [9.17, 15) is 9.90 Å². The molecule has 0 radical (unpaired) electrons. The van der Waals surface area contributed by atoms with Crippen molar-refractivity contribution in [1.29, 1.82) is 0 Å². The molecule has 0 aromatic carbocycles. The van der Waals surface area contributed by atoms with Gasteiger partial charge in [0.05, 0.1) is 18.3 Å². The number of rotatable bonds is 5. The summed E-state index contributed by atoms with van der Waals surface area (Å²) in [6, 6.07) is 0.414. The summed E-state index contributed by atoms with van der Waals surface area (Å²) in [5, 5.41) is 16.3. The molecule has 5 N–H and O–H groups in total. The first-order valence-corrected chi connectivity index (χ1v) is 8.98. The Labute approximate surface area is 147 Å². The number of nitrogens with one attached hydrogen (secondary N) is 2. The average molecular weight is 349 g/mol. The molecule has 0 bridgehead atoms. The lowest BCUT2D eigenvalue weighted by Crippen LogP contribution is -2.37. The van der Waals surface area contributed by atoms with Crippen LogP contribution in [0.3, 0.4) is 0 Å². The predicted molar refractivity (Wildman–Crippen MR) is 94.4 cm³/mol. The van der Waals surface area contributed by atoms with E-state index in [0.717, 1.165) is 32.1 Å². The Bertz CT molecular complexity index is 604. The summed E-state index contributed by atoms with van der Waals surface area (Å²) < 4.78 is 5.46. The van der Waals surface area contributed by atoms with Crippen LogP contribution in [-0.4, -0.2) is 52.4 Å². The third-order valence-electron chi connectivity index (χ3n) is 5.05. The number of hydrogen-bond acceptors (Lipinski definition) is 7. The zero-order valence-electron chi connectivity index (χ0n) is 14.6. The van der Waals surface area contributed by atoms with Crippen LogP contribution in [0.15, 0.2) is 6.20 Å². The molecule has 0 unspecified atom stereocenters. The van der Waals surface area contributed by atoms with Crippen LogP contribution in [0.25, 0.3) is 0 Å². The molecule has 1 aliphatic heterocycles. The van der Waals surface area contributed by atoms with Gasteiger partial charge in [0.15, 0.2) is 0 Å². The van der Waals surface area contributed by atoms with E-state index < -0.39 is 5.91 Å². The highest BCUT2D eigenvalue weighted by Gasteiger charge is 2.25. The molecule has 1 aromatic rings. The molecule has 8 heteroatoms. The second-order valence-electron chi connectivity index (χ2n) is 7.06. The topological polar surface area (TPSA) is 122 Å². The molecule has 25 heavy (non-hydrogen) atoms. The number of hydrogen-bond donors (Lipinski definition) is 4. The van der Waals surface area contributed by atoms with Crippen LogP contribution in [0.2, 0.25) is 0 Å². The van der Waals surface area contributed by atoms with Crippen molar-refractivity contribution in [2.75, 3.05) is 23.8 Å². The Hall–Kier alpha value is -1.93. The van der Waals surface area contributed by atoms with E-state index in [0.29, 0.717) is 36.5 Å². The van der Waals surface area contributed by atoms with Gasteiger partial charge >= 0.3 is 0 Å². The van der Waals surface area contributed by atoms with Gasteiger partial charge in [0, 0.05) is 24.9 Å². The lowest BCUT2D eigenvalue weighted by Gasteiger charge is -2.30. The van der Waals surface area contributed by atoms with Gasteiger partial charge in [-0.25, -0.2) is 4.98 Å². The molecule has 0 spiro atoms. The van der Waals surface area contributed by atoms with Gasteiger partial charge in [-0.1, -0.05) is 6.92 Å². The second-order valence-corrected chi connectivity index (χ2v) is 7.06. The number of ether oxygens (including phenoxy) is 1.